The maximum absolute atomic E-state index is 6.29. The molecule has 0 atom stereocenters. The fourth-order valence-electron chi connectivity index (χ4n) is 6.06. The monoisotopic (exact) mass is 792 g/mol. The number of nitrogens with zero attached hydrogens (tertiary/aromatic N) is 3. The van der Waals surface area contributed by atoms with Crippen molar-refractivity contribution < 1.29 is 24.5 Å². The molecule has 8 rings (SSSR count). The molecule has 0 fully saturated rings. The van der Waals surface area contributed by atoms with Crippen LogP contribution in [-0.4, -0.2) is 15.0 Å². The van der Waals surface area contributed by atoms with E-state index in [2.05, 4.69) is 111 Å². The van der Waals surface area contributed by atoms with Crippen LogP contribution in [0.4, 0.5) is 0 Å². The van der Waals surface area contributed by atoms with Crippen LogP contribution < -0.4 is 0 Å². The first kappa shape index (κ1) is 32.5. The molecule has 0 bridgehead atoms. The van der Waals surface area contributed by atoms with Crippen molar-refractivity contribution in [2.75, 3.05) is 0 Å². The fourth-order valence-corrected chi connectivity index (χ4v) is 6.06. The summed E-state index contributed by atoms with van der Waals surface area (Å²) in [6.07, 6.45) is 8.45. The number of fused-ring (bicyclic) bond motifs is 4. The predicted octanol–water partition coefficient (Wildman–Crippen LogP) is 9.98. The molecule has 0 N–H and O–H groups in total. The Morgan fingerprint density at radius 3 is 2.40 bits per heavy atom. The van der Waals surface area contributed by atoms with Gasteiger partial charge in [0.1, 0.15) is 0 Å². The Morgan fingerprint density at radius 1 is 0.745 bits per heavy atom. The van der Waals surface area contributed by atoms with Crippen molar-refractivity contribution in [3.05, 3.63) is 149 Å². The maximum Gasteiger partial charge on any atom is 0.216 e. The minimum absolute atomic E-state index is 0. The van der Waals surface area contributed by atoms with Gasteiger partial charge in [-0.15, -0.1) is 53.6 Å². The van der Waals surface area contributed by atoms with E-state index in [9.17, 15) is 0 Å². The third-order valence-electron chi connectivity index (χ3n) is 8.92. The summed E-state index contributed by atoms with van der Waals surface area (Å²) in [4.78, 5) is 14.2. The van der Waals surface area contributed by atoms with E-state index >= 15 is 0 Å². The molecule has 1 aliphatic carbocycles. The predicted molar refractivity (Wildman–Crippen MR) is 187 cm³/mol. The molecule has 0 amide bonds. The minimum atomic E-state index is 0. The molecule has 47 heavy (non-hydrogen) atoms. The van der Waals surface area contributed by atoms with E-state index in [1.165, 1.54) is 46.4 Å². The molecule has 0 aliphatic heterocycles. The van der Waals surface area contributed by atoms with Crippen LogP contribution in [0.15, 0.2) is 102 Å². The molecule has 4 heterocycles. The Labute approximate surface area is 290 Å². The quantitative estimate of drug-likeness (QED) is 0.163. The average molecular weight is 792 g/mol. The van der Waals surface area contributed by atoms with Crippen LogP contribution in [0, 0.1) is 32.9 Å². The Bertz CT molecular complexity index is 2130. The molecule has 4 aromatic heterocycles. The summed E-state index contributed by atoms with van der Waals surface area (Å²) in [6, 6.07) is 38.0. The number of hydrogen-bond donors (Lipinski definition) is 0. The second kappa shape index (κ2) is 14.5. The van der Waals surface area contributed by atoms with Crippen molar-refractivity contribution in [1.82, 2.24) is 15.0 Å². The minimum Gasteiger partial charge on any atom is -0.486 e. The van der Waals surface area contributed by atoms with Crippen molar-refractivity contribution in [3.8, 4) is 22.5 Å². The zero-order valence-corrected chi connectivity index (χ0v) is 29.5. The molecule has 0 saturated carbocycles. The van der Waals surface area contributed by atoms with Crippen LogP contribution in [0.3, 0.4) is 0 Å². The summed E-state index contributed by atoms with van der Waals surface area (Å²) >= 11 is 0. The molecule has 3 aromatic carbocycles. The Kier molecular flexibility index (Phi) is 10.1. The number of hydrogen-bond acceptors (Lipinski definition) is 4. The maximum atomic E-state index is 6.29. The smallest absolute Gasteiger partial charge is 0.216 e. The summed E-state index contributed by atoms with van der Waals surface area (Å²) in [5, 5.41) is 2.12. The van der Waals surface area contributed by atoms with Gasteiger partial charge in [-0.2, -0.15) is 0 Å². The molecule has 4 nitrogen and oxygen atoms in total. The Morgan fingerprint density at radius 2 is 1.60 bits per heavy atom. The summed E-state index contributed by atoms with van der Waals surface area (Å²) < 4.78 is 6.29. The van der Waals surface area contributed by atoms with E-state index in [0.29, 0.717) is 5.71 Å². The van der Waals surface area contributed by atoms with Gasteiger partial charge in [-0.05, 0) is 92.6 Å². The number of rotatable bonds is 5. The number of benzene rings is 3. The standard InChI is InChI=1S/C28H23N2O.C14H14N.Ir/c1-2-7-19(8-3-1)13-15-21-16-17-23-22-10-6-11-24(27(22)31-28(23)29-21)26-18-14-20-9-4-5-12-25(20)30-26;1-10-4-6-13(7-5-10)14-8-11(2)12(3)9-15-14;/h1-3,6-8,10,14,16-18H,4-5,9,12-13,15H2;4-6,8-9H,1-3H3;/q2*-1;. The van der Waals surface area contributed by atoms with E-state index in [1.54, 1.807) is 0 Å². The molecule has 7 aromatic rings. The van der Waals surface area contributed by atoms with Gasteiger partial charge in [-0.25, -0.2) is 4.98 Å². The summed E-state index contributed by atoms with van der Waals surface area (Å²) in [5.74, 6) is 0. The normalized spacial score (nSPS) is 12.2. The van der Waals surface area contributed by atoms with Crippen LogP contribution in [0.25, 0.3) is 44.6 Å². The van der Waals surface area contributed by atoms with E-state index < -0.39 is 0 Å². The summed E-state index contributed by atoms with van der Waals surface area (Å²) in [5.41, 5.74) is 14.2. The Hall–Kier alpha value is -4.44. The van der Waals surface area contributed by atoms with Crippen LogP contribution in [0.2, 0.25) is 0 Å². The van der Waals surface area contributed by atoms with Gasteiger partial charge >= 0.3 is 0 Å². The molecule has 1 aliphatic rings. The van der Waals surface area contributed by atoms with Crippen molar-refractivity contribution in [2.45, 2.75) is 59.3 Å². The molecular weight excluding hydrogens is 755 g/mol. The number of furan rings is 1. The number of aryl methyl sites for hydroxylation is 7. The summed E-state index contributed by atoms with van der Waals surface area (Å²) in [7, 11) is 0. The zero-order chi connectivity index (χ0) is 31.5. The van der Waals surface area contributed by atoms with Crippen LogP contribution in [-0.2, 0) is 45.8 Å². The van der Waals surface area contributed by atoms with E-state index in [4.69, 9.17) is 14.4 Å². The third-order valence-corrected chi connectivity index (χ3v) is 8.92. The summed E-state index contributed by atoms with van der Waals surface area (Å²) in [6.45, 7) is 6.24. The van der Waals surface area contributed by atoms with Gasteiger partial charge in [-0.1, -0.05) is 72.0 Å². The van der Waals surface area contributed by atoms with Crippen LogP contribution in [0.1, 0.15) is 52.0 Å². The molecule has 237 valence electrons. The molecule has 5 heteroatoms. The third kappa shape index (κ3) is 7.27. The van der Waals surface area contributed by atoms with E-state index in [0.717, 1.165) is 70.2 Å². The first-order chi connectivity index (χ1) is 22.5. The molecule has 0 saturated heterocycles. The van der Waals surface area contributed by atoms with Gasteiger partial charge in [-0.3, -0.25) is 0 Å². The van der Waals surface area contributed by atoms with Gasteiger partial charge in [0.25, 0.3) is 0 Å². The van der Waals surface area contributed by atoms with Crippen molar-refractivity contribution in [1.29, 1.82) is 0 Å². The van der Waals surface area contributed by atoms with Crippen molar-refractivity contribution >= 4 is 22.1 Å². The molecule has 1 radical (unpaired) electrons. The SMILES string of the molecule is Cc1c[c-]c(-c2cc(C)c(C)cn2)cc1.[Ir].[c-]1ccc2c(oc3nc(CCc4ccccc4)ccc32)c1-c1ccc2c(n1)CCCC2. The van der Waals surface area contributed by atoms with Gasteiger partial charge < -0.3 is 14.4 Å². The van der Waals surface area contributed by atoms with Gasteiger partial charge in [0.05, 0.1) is 5.58 Å². The zero-order valence-electron chi connectivity index (χ0n) is 27.1. The average Bonchev–Trinajstić information content (AvgIpc) is 3.48. The first-order valence-electron chi connectivity index (χ1n) is 16.2. The van der Waals surface area contributed by atoms with Gasteiger partial charge in [0, 0.05) is 43.1 Å². The largest absolute Gasteiger partial charge is 0.486 e. The van der Waals surface area contributed by atoms with E-state index in [1.807, 2.05) is 24.4 Å². The molecule has 0 spiro atoms. The van der Waals surface area contributed by atoms with Crippen molar-refractivity contribution in [2.24, 2.45) is 0 Å². The number of aromatic nitrogens is 3. The molecular formula is C42H37IrN3O-2. The Balaban J connectivity index is 0.000000204. The van der Waals surface area contributed by atoms with Gasteiger partial charge in [0.2, 0.25) is 5.71 Å². The second-order valence-electron chi connectivity index (χ2n) is 12.3. The van der Waals surface area contributed by atoms with Crippen molar-refractivity contribution in [3.63, 3.8) is 0 Å². The molecule has 0 unspecified atom stereocenters. The topological polar surface area (TPSA) is 51.8 Å². The number of pyridine rings is 3. The fraction of sp³-hybridized carbons (Fsp3) is 0.214. The first-order valence-corrected chi connectivity index (χ1v) is 16.2. The van der Waals surface area contributed by atoms with Crippen LogP contribution in [0.5, 0.6) is 0 Å². The van der Waals surface area contributed by atoms with E-state index in [-0.39, 0.29) is 20.1 Å². The van der Waals surface area contributed by atoms with Crippen LogP contribution >= 0.6 is 0 Å². The van der Waals surface area contributed by atoms with Gasteiger partial charge in [0.15, 0.2) is 0 Å². The second-order valence-corrected chi connectivity index (χ2v) is 12.3.